The maximum Gasteiger partial charge on any atom is 0.307 e. The summed E-state index contributed by atoms with van der Waals surface area (Å²) in [5.41, 5.74) is 12.3. The first kappa shape index (κ1) is 10.2. The Morgan fingerprint density at radius 3 is 2.64 bits per heavy atom. The highest BCUT2D eigenvalue weighted by atomic mass is 16.5. The Balaban J connectivity index is 3.13. The number of benzene rings is 1. The number of anilines is 2. The van der Waals surface area contributed by atoms with Gasteiger partial charge >= 0.3 is 5.97 Å². The summed E-state index contributed by atoms with van der Waals surface area (Å²) < 4.78 is 4.94. The fraction of sp³-hybridized carbons (Fsp3) is 0.222. The molecule has 0 aliphatic carbocycles. The molecule has 0 bridgehead atoms. The summed E-state index contributed by atoms with van der Waals surface area (Å²) in [6.45, 7) is 0. The van der Waals surface area contributed by atoms with E-state index in [1.165, 1.54) is 7.11 Å². The van der Waals surface area contributed by atoms with Gasteiger partial charge in [0.1, 0.15) is 5.75 Å². The summed E-state index contributed by atoms with van der Waals surface area (Å²) in [4.78, 5) is 10.5. The zero-order valence-electron chi connectivity index (χ0n) is 7.78. The van der Waals surface area contributed by atoms with Gasteiger partial charge in [0.05, 0.1) is 24.9 Å². The maximum absolute atomic E-state index is 10.5. The lowest BCUT2D eigenvalue weighted by atomic mass is 10.1. The molecule has 0 atom stereocenters. The van der Waals surface area contributed by atoms with Crippen LogP contribution < -0.4 is 16.2 Å². The number of methoxy groups -OCH3 is 1. The van der Waals surface area contributed by atoms with Crippen LogP contribution in [0.25, 0.3) is 0 Å². The highest BCUT2D eigenvalue weighted by molar-refractivity contribution is 5.78. The van der Waals surface area contributed by atoms with Crippen LogP contribution in [0.4, 0.5) is 11.4 Å². The maximum atomic E-state index is 10.5. The third kappa shape index (κ3) is 2.07. The predicted octanol–water partition coefficient (Wildman–Crippen LogP) is 0.487. The van der Waals surface area contributed by atoms with E-state index in [0.29, 0.717) is 22.7 Å². The molecular formula is C9H12N2O3. The molecule has 0 radical (unpaired) electrons. The molecule has 0 unspecified atom stereocenters. The van der Waals surface area contributed by atoms with Gasteiger partial charge in [-0.1, -0.05) is 0 Å². The molecular weight excluding hydrogens is 184 g/mol. The molecule has 14 heavy (non-hydrogen) atoms. The molecule has 0 amide bonds. The Hall–Kier alpha value is -1.91. The van der Waals surface area contributed by atoms with Crippen molar-refractivity contribution in [3.05, 3.63) is 17.7 Å². The van der Waals surface area contributed by atoms with Crippen LogP contribution in [0, 0.1) is 0 Å². The number of aliphatic carboxylic acids is 1. The molecule has 0 aliphatic heterocycles. The second kappa shape index (κ2) is 3.87. The van der Waals surface area contributed by atoms with E-state index < -0.39 is 5.97 Å². The molecule has 0 aliphatic rings. The quantitative estimate of drug-likeness (QED) is 0.611. The van der Waals surface area contributed by atoms with Crippen molar-refractivity contribution < 1.29 is 14.6 Å². The Kier molecular flexibility index (Phi) is 2.81. The normalized spacial score (nSPS) is 9.79. The highest BCUT2D eigenvalue weighted by Crippen LogP contribution is 2.26. The first-order chi connectivity index (χ1) is 6.54. The van der Waals surface area contributed by atoms with Gasteiger partial charge in [0.15, 0.2) is 0 Å². The van der Waals surface area contributed by atoms with Crippen molar-refractivity contribution in [1.82, 2.24) is 0 Å². The third-order valence-electron chi connectivity index (χ3n) is 1.85. The molecule has 76 valence electrons. The molecule has 1 aromatic rings. The minimum Gasteiger partial charge on any atom is -0.497 e. The number of carbonyl (C=O) groups is 1. The lowest BCUT2D eigenvalue weighted by molar-refractivity contribution is -0.136. The molecule has 0 saturated carbocycles. The van der Waals surface area contributed by atoms with E-state index in [1.807, 2.05) is 0 Å². The SMILES string of the molecule is COc1cc(N)c(N)c(CC(=O)O)c1. The Labute approximate surface area is 81.3 Å². The second-order valence-corrected chi connectivity index (χ2v) is 2.86. The van der Waals surface area contributed by atoms with Crippen LogP contribution >= 0.6 is 0 Å². The summed E-state index contributed by atoms with van der Waals surface area (Å²) in [5.74, 6) is -0.447. The van der Waals surface area contributed by atoms with Crippen LogP contribution in [0.5, 0.6) is 5.75 Å². The van der Waals surface area contributed by atoms with Gasteiger partial charge < -0.3 is 21.3 Å². The summed E-state index contributed by atoms with van der Waals surface area (Å²) >= 11 is 0. The molecule has 1 aromatic carbocycles. The van der Waals surface area contributed by atoms with Crippen molar-refractivity contribution in [3.8, 4) is 5.75 Å². The zero-order valence-corrected chi connectivity index (χ0v) is 7.78. The van der Waals surface area contributed by atoms with Crippen LogP contribution in [0.15, 0.2) is 12.1 Å². The van der Waals surface area contributed by atoms with Crippen LogP contribution in [-0.4, -0.2) is 18.2 Å². The largest absolute Gasteiger partial charge is 0.497 e. The third-order valence-corrected chi connectivity index (χ3v) is 1.85. The smallest absolute Gasteiger partial charge is 0.307 e. The number of carboxylic acids is 1. The number of carboxylic acid groups (broad SMARTS) is 1. The van der Waals surface area contributed by atoms with Crippen molar-refractivity contribution in [2.75, 3.05) is 18.6 Å². The van der Waals surface area contributed by atoms with E-state index in [-0.39, 0.29) is 6.42 Å². The number of hydrogen-bond acceptors (Lipinski definition) is 4. The molecule has 0 aromatic heterocycles. The Morgan fingerprint density at radius 1 is 1.50 bits per heavy atom. The van der Waals surface area contributed by atoms with Gasteiger partial charge in [-0.25, -0.2) is 0 Å². The standard InChI is InChI=1S/C9H12N2O3/c1-14-6-2-5(3-8(12)13)9(11)7(10)4-6/h2,4H,3,10-11H2,1H3,(H,12,13). The molecule has 0 spiro atoms. The summed E-state index contributed by atoms with van der Waals surface area (Å²) in [6, 6.07) is 3.13. The number of nitrogens with two attached hydrogens (primary N) is 2. The van der Waals surface area contributed by atoms with E-state index in [1.54, 1.807) is 12.1 Å². The minimum atomic E-state index is -0.954. The number of rotatable bonds is 3. The first-order valence-electron chi connectivity index (χ1n) is 3.98. The molecule has 5 heteroatoms. The minimum absolute atomic E-state index is 0.159. The molecule has 5 N–H and O–H groups in total. The summed E-state index contributed by atoms with van der Waals surface area (Å²) in [7, 11) is 1.48. The number of hydrogen-bond donors (Lipinski definition) is 3. The topological polar surface area (TPSA) is 98.6 Å². The van der Waals surface area contributed by atoms with Gasteiger partial charge in [-0.2, -0.15) is 0 Å². The van der Waals surface area contributed by atoms with E-state index >= 15 is 0 Å². The van der Waals surface area contributed by atoms with Crippen LogP contribution in [-0.2, 0) is 11.2 Å². The molecule has 0 heterocycles. The average Bonchev–Trinajstić information content (AvgIpc) is 2.11. The number of nitrogen functional groups attached to an aromatic ring is 2. The van der Waals surface area contributed by atoms with Gasteiger partial charge in [0, 0.05) is 6.07 Å². The van der Waals surface area contributed by atoms with Crippen molar-refractivity contribution >= 4 is 17.3 Å². The molecule has 5 nitrogen and oxygen atoms in total. The van der Waals surface area contributed by atoms with E-state index in [0.717, 1.165) is 0 Å². The van der Waals surface area contributed by atoms with Gasteiger partial charge in [-0.15, -0.1) is 0 Å². The zero-order chi connectivity index (χ0) is 10.7. The first-order valence-corrected chi connectivity index (χ1v) is 3.98. The Morgan fingerprint density at radius 2 is 2.14 bits per heavy atom. The number of ether oxygens (including phenoxy) is 1. The predicted molar refractivity (Wildman–Crippen MR) is 53.2 cm³/mol. The molecule has 1 rings (SSSR count). The molecule has 0 saturated heterocycles. The van der Waals surface area contributed by atoms with Gasteiger partial charge in [-0.05, 0) is 11.6 Å². The Bertz CT molecular complexity index is 363. The van der Waals surface area contributed by atoms with Crippen LogP contribution in [0.3, 0.4) is 0 Å². The lowest BCUT2D eigenvalue weighted by Crippen LogP contribution is -2.06. The van der Waals surface area contributed by atoms with E-state index in [9.17, 15) is 4.79 Å². The van der Waals surface area contributed by atoms with Crippen molar-refractivity contribution in [3.63, 3.8) is 0 Å². The highest BCUT2D eigenvalue weighted by Gasteiger charge is 2.09. The van der Waals surface area contributed by atoms with Crippen LogP contribution in [0.2, 0.25) is 0 Å². The fourth-order valence-corrected chi connectivity index (χ4v) is 1.13. The second-order valence-electron chi connectivity index (χ2n) is 2.86. The van der Waals surface area contributed by atoms with E-state index in [4.69, 9.17) is 21.3 Å². The van der Waals surface area contributed by atoms with Gasteiger partial charge in [0.2, 0.25) is 0 Å². The van der Waals surface area contributed by atoms with Crippen molar-refractivity contribution in [2.45, 2.75) is 6.42 Å². The lowest BCUT2D eigenvalue weighted by Gasteiger charge is -2.09. The van der Waals surface area contributed by atoms with Gasteiger partial charge in [-0.3, -0.25) is 4.79 Å². The van der Waals surface area contributed by atoms with E-state index in [2.05, 4.69) is 0 Å². The van der Waals surface area contributed by atoms with Crippen molar-refractivity contribution in [1.29, 1.82) is 0 Å². The summed E-state index contributed by atoms with van der Waals surface area (Å²) in [6.07, 6.45) is -0.159. The van der Waals surface area contributed by atoms with Crippen molar-refractivity contribution in [2.24, 2.45) is 0 Å². The monoisotopic (exact) mass is 196 g/mol. The average molecular weight is 196 g/mol. The fourth-order valence-electron chi connectivity index (χ4n) is 1.13. The molecule has 0 fully saturated rings. The van der Waals surface area contributed by atoms with Crippen LogP contribution in [0.1, 0.15) is 5.56 Å². The van der Waals surface area contributed by atoms with Gasteiger partial charge in [0.25, 0.3) is 0 Å². The summed E-state index contributed by atoms with van der Waals surface area (Å²) in [5, 5.41) is 8.61.